The van der Waals surface area contributed by atoms with Crippen molar-refractivity contribution in [2.24, 2.45) is 0 Å². The number of nitrogens with zero attached hydrogens (tertiary/aromatic N) is 2. The first kappa shape index (κ1) is 22.1. The highest BCUT2D eigenvalue weighted by Gasteiger charge is 2.23. The van der Waals surface area contributed by atoms with Crippen molar-refractivity contribution in [3.05, 3.63) is 77.6 Å². The van der Waals surface area contributed by atoms with E-state index in [1.165, 1.54) is 6.20 Å². The Morgan fingerprint density at radius 3 is 2.35 bits per heavy atom. The summed E-state index contributed by atoms with van der Waals surface area (Å²) in [5, 5.41) is 7.32. The molecule has 0 radical (unpaired) electrons. The van der Waals surface area contributed by atoms with Crippen LogP contribution in [0.5, 0.6) is 5.75 Å². The number of carbonyl (C=O) groups is 2. The zero-order valence-electron chi connectivity index (χ0n) is 18.2. The number of para-hydroxylation sites is 1. The molecule has 1 heterocycles. The van der Waals surface area contributed by atoms with Gasteiger partial charge in [0.25, 0.3) is 5.91 Å². The van der Waals surface area contributed by atoms with Crippen LogP contribution in [0.15, 0.2) is 60.8 Å². The fraction of sp³-hybridized carbons (Fsp3) is 0.292. The standard InChI is InChI=1S/C24H27N3O4/c1-16(2)31-23(28)14-22(18-10-12-20(30-4)13-11-18)26-24(29)21-15-25-27(17(21)3)19-8-6-5-7-9-19/h5-13,15-16,22H,14H2,1-4H3,(H,26,29). The lowest BCUT2D eigenvalue weighted by Gasteiger charge is -2.20. The van der Waals surface area contributed by atoms with Gasteiger partial charge in [0.05, 0.1) is 48.8 Å². The second-order valence-electron chi connectivity index (χ2n) is 7.43. The smallest absolute Gasteiger partial charge is 0.308 e. The Morgan fingerprint density at radius 1 is 1.06 bits per heavy atom. The van der Waals surface area contributed by atoms with E-state index in [0.717, 1.165) is 11.3 Å². The molecule has 162 valence electrons. The lowest BCUT2D eigenvalue weighted by atomic mass is 10.0. The number of amides is 1. The number of carbonyl (C=O) groups excluding carboxylic acids is 2. The van der Waals surface area contributed by atoms with E-state index in [-0.39, 0.29) is 24.4 Å². The predicted molar refractivity (Wildman–Crippen MR) is 117 cm³/mol. The Morgan fingerprint density at radius 2 is 1.74 bits per heavy atom. The molecule has 3 aromatic rings. The van der Waals surface area contributed by atoms with E-state index in [2.05, 4.69) is 10.4 Å². The highest BCUT2D eigenvalue weighted by atomic mass is 16.5. The minimum absolute atomic E-state index is 0.0160. The Kier molecular flexibility index (Phi) is 7.07. The van der Waals surface area contributed by atoms with Crippen LogP contribution in [-0.2, 0) is 9.53 Å². The van der Waals surface area contributed by atoms with Crippen LogP contribution < -0.4 is 10.1 Å². The van der Waals surface area contributed by atoms with Gasteiger partial charge in [-0.05, 0) is 50.6 Å². The van der Waals surface area contributed by atoms with Crippen molar-refractivity contribution in [1.29, 1.82) is 0 Å². The molecule has 7 heteroatoms. The molecule has 31 heavy (non-hydrogen) atoms. The molecule has 0 spiro atoms. The maximum absolute atomic E-state index is 13.1. The van der Waals surface area contributed by atoms with Gasteiger partial charge in [-0.3, -0.25) is 9.59 Å². The number of esters is 1. The Balaban J connectivity index is 1.83. The van der Waals surface area contributed by atoms with Crippen LogP contribution in [-0.4, -0.2) is 34.9 Å². The third-order valence-corrected chi connectivity index (χ3v) is 4.82. The number of benzene rings is 2. The summed E-state index contributed by atoms with van der Waals surface area (Å²) in [7, 11) is 1.58. The van der Waals surface area contributed by atoms with Crippen LogP contribution in [0.25, 0.3) is 5.69 Å². The van der Waals surface area contributed by atoms with E-state index >= 15 is 0 Å². The Hall–Kier alpha value is -3.61. The average Bonchev–Trinajstić information content (AvgIpc) is 3.14. The third kappa shape index (κ3) is 5.51. The van der Waals surface area contributed by atoms with Gasteiger partial charge in [-0.15, -0.1) is 0 Å². The van der Waals surface area contributed by atoms with Gasteiger partial charge in [-0.1, -0.05) is 30.3 Å². The molecule has 1 N–H and O–H groups in total. The molecule has 1 atom stereocenters. The number of aromatic nitrogens is 2. The molecule has 1 aromatic heterocycles. The van der Waals surface area contributed by atoms with Gasteiger partial charge in [-0.25, -0.2) is 4.68 Å². The molecular weight excluding hydrogens is 394 g/mol. The first-order valence-electron chi connectivity index (χ1n) is 10.1. The highest BCUT2D eigenvalue weighted by molar-refractivity contribution is 5.95. The molecule has 0 aliphatic carbocycles. The summed E-state index contributed by atoms with van der Waals surface area (Å²) in [4.78, 5) is 25.4. The summed E-state index contributed by atoms with van der Waals surface area (Å²) in [6.45, 7) is 5.42. The van der Waals surface area contributed by atoms with E-state index in [1.54, 1.807) is 37.8 Å². The maximum atomic E-state index is 13.1. The number of ether oxygens (including phenoxy) is 2. The molecule has 7 nitrogen and oxygen atoms in total. The molecular formula is C24H27N3O4. The average molecular weight is 421 g/mol. The molecule has 0 bridgehead atoms. The fourth-order valence-corrected chi connectivity index (χ4v) is 3.26. The summed E-state index contributed by atoms with van der Waals surface area (Å²) in [6.07, 6.45) is 1.32. The molecule has 2 aromatic carbocycles. The van der Waals surface area contributed by atoms with Crippen molar-refractivity contribution in [2.45, 2.75) is 39.3 Å². The molecule has 0 saturated carbocycles. The number of nitrogens with one attached hydrogen (secondary N) is 1. The zero-order chi connectivity index (χ0) is 22.4. The summed E-state index contributed by atoms with van der Waals surface area (Å²) >= 11 is 0. The molecule has 0 fully saturated rings. The van der Waals surface area contributed by atoms with E-state index in [0.29, 0.717) is 17.0 Å². The minimum Gasteiger partial charge on any atom is -0.497 e. The first-order chi connectivity index (χ1) is 14.9. The van der Waals surface area contributed by atoms with Gasteiger partial charge in [0, 0.05) is 0 Å². The van der Waals surface area contributed by atoms with Gasteiger partial charge in [0.1, 0.15) is 5.75 Å². The number of hydrogen-bond donors (Lipinski definition) is 1. The van der Waals surface area contributed by atoms with Crippen molar-refractivity contribution < 1.29 is 19.1 Å². The highest BCUT2D eigenvalue weighted by Crippen LogP contribution is 2.23. The second kappa shape index (κ2) is 9.93. The SMILES string of the molecule is COc1ccc(C(CC(=O)OC(C)C)NC(=O)c2cnn(-c3ccccc3)c2C)cc1. The van der Waals surface area contributed by atoms with Gasteiger partial charge < -0.3 is 14.8 Å². The van der Waals surface area contributed by atoms with Crippen LogP contribution in [0, 0.1) is 6.92 Å². The van der Waals surface area contributed by atoms with E-state index in [9.17, 15) is 9.59 Å². The van der Waals surface area contributed by atoms with Crippen LogP contribution in [0.2, 0.25) is 0 Å². The van der Waals surface area contributed by atoms with Crippen LogP contribution in [0.1, 0.15) is 47.9 Å². The van der Waals surface area contributed by atoms with Crippen molar-refractivity contribution in [3.63, 3.8) is 0 Å². The van der Waals surface area contributed by atoms with Crippen LogP contribution in [0.3, 0.4) is 0 Å². The molecule has 3 rings (SSSR count). The molecule has 0 aliphatic heterocycles. The van der Waals surface area contributed by atoms with Crippen molar-refractivity contribution in [2.75, 3.05) is 7.11 Å². The Bertz CT molecular complexity index is 1030. The topological polar surface area (TPSA) is 82.4 Å². The van der Waals surface area contributed by atoms with Crippen molar-refractivity contribution in [3.8, 4) is 11.4 Å². The van der Waals surface area contributed by atoms with Crippen molar-refractivity contribution >= 4 is 11.9 Å². The normalized spacial score (nSPS) is 11.8. The van der Waals surface area contributed by atoms with E-state index in [1.807, 2.05) is 49.4 Å². The first-order valence-corrected chi connectivity index (χ1v) is 10.1. The maximum Gasteiger partial charge on any atom is 0.308 e. The van der Waals surface area contributed by atoms with Gasteiger partial charge in [-0.2, -0.15) is 5.10 Å². The largest absolute Gasteiger partial charge is 0.497 e. The van der Waals surface area contributed by atoms with Gasteiger partial charge in [0.15, 0.2) is 0 Å². The Labute approximate surface area is 182 Å². The summed E-state index contributed by atoms with van der Waals surface area (Å²) < 4.78 is 12.2. The zero-order valence-corrected chi connectivity index (χ0v) is 18.2. The lowest BCUT2D eigenvalue weighted by molar-refractivity contribution is -0.147. The quantitative estimate of drug-likeness (QED) is 0.556. The minimum atomic E-state index is -0.552. The second-order valence-corrected chi connectivity index (χ2v) is 7.43. The van der Waals surface area contributed by atoms with Gasteiger partial charge in [0.2, 0.25) is 0 Å². The summed E-state index contributed by atoms with van der Waals surface area (Å²) in [5.74, 6) is 0.00392. The number of hydrogen-bond acceptors (Lipinski definition) is 5. The van der Waals surface area contributed by atoms with Gasteiger partial charge >= 0.3 is 5.97 Å². The van der Waals surface area contributed by atoms with Crippen LogP contribution >= 0.6 is 0 Å². The van der Waals surface area contributed by atoms with E-state index < -0.39 is 6.04 Å². The summed E-state index contributed by atoms with van der Waals surface area (Å²) in [5.41, 5.74) is 2.80. The molecule has 0 aliphatic rings. The predicted octanol–water partition coefficient (Wildman–Crippen LogP) is 4.00. The monoisotopic (exact) mass is 421 g/mol. The molecule has 1 amide bonds. The van der Waals surface area contributed by atoms with Crippen LogP contribution in [0.4, 0.5) is 0 Å². The molecule has 1 unspecified atom stereocenters. The lowest BCUT2D eigenvalue weighted by Crippen LogP contribution is -2.31. The van der Waals surface area contributed by atoms with E-state index in [4.69, 9.17) is 9.47 Å². The molecule has 0 saturated heterocycles. The fourth-order valence-electron chi connectivity index (χ4n) is 3.26. The third-order valence-electron chi connectivity index (χ3n) is 4.82. The number of rotatable bonds is 8. The number of methoxy groups -OCH3 is 1. The van der Waals surface area contributed by atoms with Crippen molar-refractivity contribution in [1.82, 2.24) is 15.1 Å². The summed E-state index contributed by atoms with van der Waals surface area (Å²) in [6, 6.07) is 16.3.